The van der Waals surface area contributed by atoms with Crippen LogP contribution >= 0.6 is 12.2 Å². The van der Waals surface area contributed by atoms with E-state index in [1.54, 1.807) is 18.2 Å². The van der Waals surface area contributed by atoms with Gasteiger partial charge in [-0.2, -0.15) is 13.2 Å². The molecule has 0 aliphatic heterocycles. The van der Waals surface area contributed by atoms with Crippen molar-refractivity contribution in [2.45, 2.75) is 6.18 Å². The molecule has 0 saturated carbocycles. The van der Waals surface area contributed by atoms with Gasteiger partial charge in [-0.15, -0.1) is 0 Å². The molecule has 1 aromatic carbocycles. The maximum absolute atomic E-state index is 12.6. The molecule has 1 unspecified atom stereocenters. The normalized spacial score (nSPS) is 12.8. The van der Waals surface area contributed by atoms with Gasteiger partial charge in [0, 0.05) is 12.2 Å². The fraction of sp³-hybridized carbons (Fsp3) is 0.273. The summed E-state index contributed by atoms with van der Waals surface area (Å²) in [6.45, 7) is -0.863. The number of nitrogens with two attached hydrogens (primary N) is 1. The van der Waals surface area contributed by atoms with Crippen LogP contribution in [0.15, 0.2) is 30.3 Å². The molecule has 0 aromatic heterocycles. The lowest BCUT2D eigenvalue weighted by atomic mass is 10.1. The molecule has 19 heavy (non-hydrogen) atoms. The molecule has 0 radical (unpaired) electrons. The fourth-order valence-electron chi connectivity index (χ4n) is 1.43. The molecule has 104 valence electrons. The molecule has 0 amide bonds. The van der Waals surface area contributed by atoms with E-state index in [9.17, 15) is 18.0 Å². The summed E-state index contributed by atoms with van der Waals surface area (Å²) in [5.41, 5.74) is 5.67. The second kappa shape index (κ2) is 5.87. The highest BCUT2D eigenvalue weighted by atomic mass is 32.1. The molecular formula is C11H11F3N2O2S. The van der Waals surface area contributed by atoms with E-state index in [-0.39, 0.29) is 5.11 Å². The molecule has 4 nitrogen and oxygen atoms in total. The van der Waals surface area contributed by atoms with Crippen molar-refractivity contribution < 1.29 is 23.1 Å². The number of para-hydroxylation sites is 1. The van der Waals surface area contributed by atoms with E-state index in [0.717, 1.165) is 4.90 Å². The topological polar surface area (TPSA) is 66.6 Å². The van der Waals surface area contributed by atoms with Crippen molar-refractivity contribution in [2.75, 3.05) is 11.4 Å². The predicted molar refractivity (Wildman–Crippen MR) is 67.8 cm³/mol. The Morgan fingerprint density at radius 2 is 1.89 bits per heavy atom. The number of hydrogen-bond donors (Lipinski definition) is 2. The Morgan fingerprint density at radius 1 is 1.37 bits per heavy atom. The van der Waals surface area contributed by atoms with Gasteiger partial charge in [-0.05, 0) is 24.4 Å². The summed E-state index contributed by atoms with van der Waals surface area (Å²) >= 11 is 4.67. The Bertz CT molecular complexity index is 465. The molecule has 0 bridgehead atoms. The van der Waals surface area contributed by atoms with E-state index >= 15 is 0 Å². The van der Waals surface area contributed by atoms with Crippen molar-refractivity contribution in [2.24, 2.45) is 11.7 Å². The quantitative estimate of drug-likeness (QED) is 0.831. The van der Waals surface area contributed by atoms with Crippen molar-refractivity contribution >= 4 is 29.0 Å². The zero-order valence-corrected chi connectivity index (χ0v) is 10.4. The van der Waals surface area contributed by atoms with E-state index < -0.39 is 24.6 Å². The molecule has 0 heterocycles. The van der Waals surface area contributed by atoms with E-state index in [4.69, 9.17) is 10.8 Å². The number of thiocarbonyl (C=S) groups is 1. The van der Waals surface area contributed by atoms with Crippen LogP contribution in [0.5, 0.6) is 0 Å². The molecule has 3 N–H and O–H groups in total. The standard InChI is InChI=1S/C11H11F3N2O2S/c12-11(13,14)8(9(17)18)6-16(10(15)19)7-4-2-1-3-5-7/h1-5,8H,6H2,(H2,15,19)(H,17,18). The molecule has 1 aromatic rings. The van der Waals surface area contributed by atoms with Crippen LogP contribution in [0.2, 0.25) is 0 Å². The summed E-state index contributed by atoms with van der Waals surface area (Å²) in [7, 11) is 0. The van der Waals surface area contributed by atoms with Gasteiger partial charge in [0.1, 0.15) is 0 Å². The van der Waals surface area contributed by atoms with Gasteiger partial charge in [-0.1, -0.05) is 18.2 Å². The van der Waals surface area contributed by atoms with Crippen LogP contribution in [0, 0.1) is 5.92 Å². The van der Waals surface area contributed by atoms with Crippen LogP contribution in [-0.2, 0) is 4.79 Å². The average Bonchev–Trinajstić information content (AvgIpc) is 2.28. The molecule has 0 aliphatic rings. The second-order valence-corrected chi connectivity index (χ2v) is 4.14. The Hall–Kier alpha value is -1.83. The highest BCUT2D eigenvalue weighted by Gasteiger charge is 2.46. The number of carbonyl (C=O) groups is 1. The van der Waals surface area contributed by atoms with Crippen LogP contribution in [0.4, 0.5) is 18.9 Å². The number of anilines is 1. The number of halogens is 3. The summed E-state index contributed by atoms with van der Waals surface area (Å²) in [6.07, 6.45) is -4.87. The van der Waals surface area contributed by atoms with Gasteiger partial charge >= 0.3 is 12.1 Å². The average molecular weight is 292 g/mol. The molecule has 0 aliphatic carbocycles. The second-order valence-electron chi connectivity index (χ2n) is 3.72. The lowest BCUT2D eigenvalue weighted by molar-refractivity contribution is -0.191. The predicted octanol–water partition coefficient (Wildman–Crippen LogP) is 2.00. The number of benzene rings is 1. The highest BCUT2D eigenvalue weighted by Crippen LogP contribution is 2.28. The first-order valence-corrected chi connectivity index (χ1v) is 5.56. The van der Waals surface area contributed by atoms with Gasteiger partial charge in [0.25, 0.3) is 0 Å². The van der Waals surface area contributed by atoms with Gasteiger partial charge in [-0.25, -0.2) is 0 Å². The zero-order chi connectivity index (χ0) is 14.6. The summed E-state index contributed by atoms with van der Waals surface area (Å²) in [6, 6.07) is 7.83. The van der Waals surface area contributed by atoms with Crippen LogP contribution in [0.25, 0.3) is 0 Å². The molecule has 1 atom stereocenters. The minimum Gasteiger partial charge on any atom is -0.481 e. The molecule has 0 saturated heterocycles. The largest absolute Gasteiger partial charge is 0.481 e. The van der Waals surface area contributed by atoms with E-state index in [0.29, 0.717) is 5.69 Å². The summed E-state index contributed by atoms with van der Waals surface area (Å²) < 4.78 is 37.9. The van der Waals surface area contributed by atoms with Gasteiger partial charge in [0.2, 0.25) is 0 Å². The highest BCUT2D eigenvalue weighted by molar-refractivity contribution is 7.80. The van der Waals surface area contributed by atoms with E-state index in [1.807, 2.05) is 0 Å². The van der Waals surface area contributed by atoms with Gasteiger partial charge in [0.15, 0.2) is 11.0 Å². The number of aliphatic carboxylic acids is 1. The first-order chi connectivity index (χ1) is 8.73. The summed E-state index contributed by atoms with van der Waals surface area (Å²) in [5.74, 6) is -4.53. The number of carboxylic acid groups (broad SMARTS) is 1. The SMILES string of the molecule is NC(=S)N(CC(C(=O)O)C(F)(F)F)c1ccccc1. The summed E-state index contributed by atoms with van der Waals surface area (Å²) in [5, 5.41) is 8.34. The molecule has 1 rings (SSSR count). The Kier molecular flexibility index (Phi) is 4.71. The van der Waals surface area contributed by atoms with Crippen molar-refractivity contribution in [1.29, 1.82) is 0 Å². The number of alkyl halides is 3. The first-order valence-electron chi connectivity index (χ1n) is 5.15. The monoisotopic (exact) mass is 292 g/mol. The van der Waals surface area contributed by atoms with Gasteiger partial charge in [-0.3, -0.25) is 4.79 Å². The number of nitrogens with zero attached hydrogens (tertiary/aromatic N) is 1. The number of carboxylic acids is 1. The number of rotatable bonds is 4. The van der Waals surface area contributed by atoms with Gasteiger partial charge < -0.3 is 15.7 Å². The van der Waals surface area contributed by atoms with Crippen molar-refractivity contribution in [1.82, 2.24) is 0 Å². The molecule has 0 fully saturated rings. The minimum atomic E-state index is -4.87. The Labute approximate surface area is 112 Å². The summed E-state index contributed by atoms with van der Waals surface area (Å²) in [4.78, 5) is 11.7. The van der Waals surface area contributed by atoms with E-state index in [2.05, 4.69) is 12.2 Å². The Morgan fingerprint density at radius 3 is 2.26 bits per heavy atom. The minimum absolute atomic E-state index is 0.311. The van der Waals surface area contributed by atoms with Crippen molar-refractivity contribution in [3.63, 3.8) is 0 Å². The Balaban J connectivity index is 3.02. The molecule has 0 spiro atoms. The fourth-order valence-corrected chi connectivity index (χ4v) is 1.61. The third-order valence-electron chi connectivity index (χ3n) is 2.39. The maximum Gasteiger partial charge on any atom is 0.403 e. The lowest BCUT2D eigenvalue weighted by Crippen LogP contribution is -2.45. The third kappa shape index (κ3) is 4.09. The first kappa shape index (κ1) is 15.2. The smallest absolute Gasteiger partial charge is 0.403 e. The van der Waals surface area contributed by atoms with Crippen molar-refractivity contribution in [3.05, 3.63) is 30.3 Å². The molecule has 8 heteroatoms. The zero-order valence-electron chi connectivity index (χ0n) is 9.59. The van der Waals surface area contributed by atoms with Gasteiger partial charge in [0.05, 0.1) is 0 Å². The van der Waals surface area contributed by atoms with Crippen LogP contribution in [-0.4, -0.2) is 28.9 Å². The lowest BCUT2D eigenvalue weighted by Gasteiger charge is -2.27. The van der Waals surface area contributed by atoms with Crippen LogP contribution < -0.4 is 10.6 Å². The van der Waals surface area contributed by atoms with Crippen LogP contribution in [0.3, 0.4) is 0 Å². The molecular weight excluding hydrogens is 281 g/mol. The van der Waals surface area contributed by atoms with Crippen LogP contribution in [0.1, 0.15) is 0 Å². The third-order valence-corrected chi connectivity index (χ3v) is 2.61. The van der Waals surface area contributed by atoms with Crippen molar-refractivity contribution in [3.8, 4) is 0 Å². The maximum atomic E-state index is 12.6. The number of hydrogen-bond acceptors (Lipinski definition) is 2. The van der Waals surface area contributed by atoms with E-state index in [1.165, 1.54) is 12.1 Å².